The largest absolute Gasteiger partial charge is 0.399 e. The maximum atomic E-state index is 12.4. The van der Waals surface area contributed by atoms with Crippen molar-refractivity contribution in [3.63, 3.8) is 0 Å². The fraction of sp³-hybridized carbons (Fsp3) is 0.500. The summed E-state index contributed by atoms with van der Waals surface area (Å²) in [7, 11) is 3.63. The molecule has 6 heteroatoms. The normalized spacial score (nSPS) is 20.0. The summed E-state index contributed by atoms with van der Waals surface area (Å²) in [6.07, 6.45) is 0.537. The SMILES string of the molecule is CN(C)CC(=O)NC1CC(C)(C)c2ccc(N)cc2NC1=O. The lowest BCUT2D eigenvalue weighted by molar-refractivity contribution is -0.127. The lowest BCUT2D eigenvalue weighted by Crippen LogP contribution is -2.47. The van der Waals surface area contributed by atoms with Crippen LogP contribution in [0.25, 0.3) is 0 Å². The van der Waals surface area contributed by atoms with Crippen molar-refractivity contribution < 1.29 is 9.59 Å². The van der Waals surface area contributed by atoms with E-state index in [4.69, 9.17) is 5.73 Å². The minimum absolute atomic E-state index is 0.161. The molecule has 1 aliphatic heterocycles. The molecule has 0 saturated carbocycles. The Hall–Kier alpha value is -2.08. The smallest absolute Gasteiger partial charge is 0.246 e. The minimum Gasteiger partial charge on any atom is -0.399 e. The van der Waals surface area contributed by atoms with Gasteiger partial charge < -0.3 is 21.3 Å². The summed E-state index contributed by atoms with van der Waals surface area (Å²) < 4.78 is 0. The second-order valence-corrected chi connectivity index (χ2v) is 6.74. The lowest BCUT2D eigenvalue weighted by Gasteiger charge is -2.27. The highest BCUT2D eigenvalue weighted by molar-refractivity contribution is 5.99. The molecule has 1 aromatic rings. The van der Waals surface area contributed by atoms with E-state index in [2.05, 4.69) is 24.5 Å². The van der Waals surface area contributed by atoms with Gasteiger partial charge in [0, 0.05) is 11.4 Å². The molecule has 0 aromatic heterocycles. The molecule has 0 spiro atoms. The van der Waals surface area contributed by atoms with E-state index in [-0.39, 0.29) is 23.8 Å². The third kappa shape index (κ3) is 3.57. The molecule has 22 heavy (non-hydrogen) atoms. The molecule has 1 unspecified atom stereocenters. The summed E-state index contributed by atoms with van der Waals surface area (Å²) in [6, 6.07) is 4.97. The number of nitrogens with one attached hydrogen (secondary N) is 2. The van der Waals surface area contributed by atoms with E-state index in [0.717, 1.165) is 11.3 Å². The number of nitrogens with zero attached hydrogens (tertiary/aromatic N) is 1. The fourth-order valence-corrected chi connectivity index (χ4v) is 2.83. The van der Waals surface area contributed by atoms with Gasteiger partial charge in [0.25, 0.3) is 0 Å². The lowest BCUT2D eigenvalue weighted by atomic mass is 9.79. The summed E-state index contributed by atoms with van der Waals surface area (Å²) >= 11 is 0. The van der Waals surface area contributed by atoms with Gasteiger partial charge in [-0.3, -0.25) is 9.59 Å². The zero-order valence-corrected chi connectivity index (χ0v) is 13.6. The molecule has 6 nitrogen and oxygen atoms in total. The van der Waals surface area contributed by atoms with Gasteiger partial charge in [-0.1, -0.05) is 19.9 Å². The van der Waals surface area contributed by atoms with Gasteiger partial charge in [-0.25, -0.2) is 0 Å². The number of anilines is 2. The Balaban J connectivity index is 2.25. The first-order chi connectivity index (χ1) is 10.2. The van der Waals surface area contributed by atoms with Crippen molar-refractivity contribution in [2.45, 2.75) is 31.7 Å². The Morgan fingerprint density at radius 2 is 2.14 bits per heavy atom. The molecule has 1 atom stereocenters. The van der Waals surface area contributed by atoms with Crippen LogP contribution in [-0.2, 0) is 15.0 Å². The number of nitrogen functional groups attached to an aromatic ring is 1. The Bertz CT molecular complexity index is 596. The zero-order valence-electron chi connectivity index (χ0n) is 13.6. The van der Waals surface area contributed by atoms with Crippen molar-refractivity contribution in [2.75, 3.05) is 31.7 Å². The van der Waals surface area contributed by atoms with Gasteiger partial charge >= 0.3 is 0 Å². The highest BCUT2D eigenvalue weighted by atomic mass is 16.2. The van der Waals surface area contributed by atoms with Gasteiger partial charge in [-0.15, -0.1) is 0 Å². The maximum absolute atomic E-state index is 12.4. The number of benzene rings is 1. The van der Waals surface area contributed by atoms with E-state index >= 15 is 0 Å². The summed E-state index contributed by atoms with van der Waals surface area (Å²) in [6.45, 7) is 4.38. The van der Waals surface area contributed by atoms with Crippen LogP contribution in [0, 0.1) is 0 Å². The molecule has 2 amide bonds. The van der Waals surface area contributed by atoms with Gasteiger partial charge in [-0.2, -0.15) is 0 Å². The molecule has 1 heterocycles. The van der Waals surface area contributed by atoms with Gasteiger partial charge in [0.2, 0.25) is 11.8 Å². The fourth-order valence-electron chi connectivity index (χ4n) is 2.83. The van der Waals surface area contributed by atoms with Crippen LogP contribution < -0.4 is 16.4 Å². The standard InChI is InChI=1S/C16H24N4O2/c1-16(2)8-13(18-14(21)9-20(3)4)15(22)19-12-7-10(17)5-6-11(12)16/h5-7,13H,8-9,17H2,1-4H3,(H,18,21)(H,19,22). The van der Waals surface area contributed by atoms with E-state index in [1.54, 1.807) is 11.0 Å². The number of hydrogen-bond acceptors (Lipinski definition) is 4. The number of likely N-dealkylation sites (N-methyl/N-ethyl adjacent to an activating group) is 1. The molecular weight excluding hydrogens is 280 g/mol. The monoisotopic (exact) mass is 304 g/mol. The first kappa shape index (κ1) is 16.3. The molecule has 0 aliphatic carbocycles. The van der Waals surface area contributed by atoms with E-state index in [1.165, 1.54) is 0 Å². The van der Waals surface area contributed by atoms with Crippen LogP contribution in [0.4, 0.5) is 11.4 Å². The molecule has 0 bridgehead atoms. The van der Waals surface area contributed by atoms with Gasteiger partial charge in [0.1, 0.15) is 6.04 Å². The average molecular weight is 304 g/mol. The van der Waals surface area contributed by atoms with Crippen molar-refractivity contribution >= 4 is 23.2 Å². The van der Waals surface area contributed by atoms with Crippen LogP contribution >= 0.6 is 0 Å². The zero-order chi connectivity index (χ0) is 16.5. The Kier molecular flexibility index (Phi) is 4.42. The third-order valence-corrected chi connectivity index (χ3v) is 3.86. The second-order valence-electron chi connectivity index (χ2n) is 6.74. The van der Waals surface area contributed by atoms with Gasteiger partial charge in [0.15, 0.2) is 0 Å². The summed E-state index contributed by atoms with van der Waals surface area (Å²) in [5, 5.41) is 5.70. The van der Waals surface area contributed by atoms with Crippen LogP contribution in [0.5, 0.6) is 0 Å². The number of carbonyl (C=O) groups is 2. The van der Waals surface area contributed by atoms with E-state index in [1.807, 2.05) is 26.2 Å². The van der Waals surface area contributed by atoms with Crippen LogP contribution in [0.1, 0.15) is 25.8 Å². The molecule has 1 aromatic carbocycles. The van der Waals surface area contributed by atoms with E-state index < -0.39 is 6.04 Å². The minimum atomic E-state index is -0.559. The molecular formula is C16H24N4O2. The first-order valence-corrected chi connectivity index (χ1v) is 7.34. The van der Waals surface area contributed by atoms with Crippen LogP contribution in [-0.4, -0.2) is 43.4 Å². The van der Waals surface area contributed by atoms with Crippen LogP contribution in [0.15, 0.2) is 18.2 Å². The average Bonchev–Trinajstić information content (AvgIpc) is 2.43. The van der Waals surface area contributed by atoms with Gasteiger partial charge in [-0.05, 0) is 43.6 Å². The molecule has 4 N–H and O–H groups in total. The van der Waals surface area contributed by atoms with Crippen LogP contribution in [0.3, 0.4) is 0 Å². The predicted molar refractivity (Wildman–Crippen MR) is 87.6 cm³/mol. The van der Waals surface area contributed by atoms with Crippen molar-refractivity contribution in [1.29, 1.82) is 0 Å². The highest BCUT2D eigenvalue weighted by Crippen LogP contribution is 2.37. The molecule has 0 saturated heterocycles. The van der Waals surface area contributed by atoms with Crippen molar-refractivity contribution in [2.24, 2.45) is 0 Å². The number of carbonyl (C=O) groups excluding carboxylic acids is 2. The third-order valence-electron chi connectivity index (χ3n) is 3.86. The topological polar surface area (TPSA) is 87.5 Å². The quantitative estimate of drug-likeness (QED) is 0.725. The van der Waals surface area contributed by atoms with E-state index in [0.29, 0.717) is 12.1 Å². The number of nitrogens with two attached hydrogens (primary N) is 1. The number of fused-ring (bicyclic) bond motifs is 1. The van der Waals surface area contributed by atoms with E-state index in [9.17, 15) is 9.59 Å². The van der Waals surface area contributed by atoms with Crippen molar-refractivity contribution in [3.05, 3.63) is 23.8 Å². The molecule has 0 radical (unpaired) electrons. The van der Waals surface area contributed by atoms with Crippen molar-refractivity contribution in [3.8, 4) is 0 Å². The molecule has 0 fully saturated rings. The molecule has 120 valence electrons. The second kappa shape index (κ2) is 5.96. The predicted octanol–water partition coefficient (Wildman–Crippen LogP) is 0.935. The maximum Gasteiger partial charge on any atom is 0.246 e. The summed E-state index contributed by atoms with van der Waals surface area (Å²) in [4.78, 5) is 26.2. The first-order valence-electron chi connectivity index (χ1n) is 7.34. The van der Waals surface area contributed by atoms with Crippen molar-refractivity contribution in [1.82, 2.24) is 10.2 Å². The van der Waals surface area contributed by atoms with Gasteiger partial charge in [0.05, 0.1) is 6.54 Å². The molecule has 1 aliphatic rings. The Morgan fingerprint density at radius 1 is 1.45 bits per heavy atom. The Labute approximate surface area is 131 Å². The number of rotatable bonds is 3. The summed E-state index contributed by atoms with van der Waals surface area (Å²) in [5.41, 5.74) is 7.91. The number of amides is 2. The number of hydrogen-bond donors (Lipinski definition) is 3. The highest BCUT2D eigenvalue weighted by Gasteiger charge is 2.35. The van der Waals surface area contributed by atoms with Crippen LogP contribution in [0.2, 0.25) is 0 Å². The Morgan fingerprint density at radius 3 is 2.77 bits per heavy atom. The molecule has 2 rings (SSSR count). The summed E-state index contributed by atoms with van der Waals surface area (Å²) in [5.74, 6) is -0.365.